The molecule has 0 atom stereocenters. The van der Waals surface area contributed by atoms with Gasteiger partial charge >= 0.3 is 0 Å². The molecule has 1 saturated heterocycles. The lowest BCUT2D eigenvalue weighted by Gasteiger charge is -2.18. The summed E-state index contributed by atoms with van der Waals surface area (Å²) in [5, 5.41) is 0. The van der Waals surface area contributed by atoms with E-state index in [4.69, 9.17) is 0 Å². The molecule has 1 heterocycles. The summed E-state index contributed by atoms with van der Waals surface area (Å²) >= 11 is 0. The van der Waals surface area contributed by atoms with Gasteiger partial charge in [0.05, 0.1) is 0 Å². The average molecular weight is 137 g/mol. The first-order valence-electron chi connectivity index (χ1n) is 3.91. The highest BCUT2D eigenvalue weighted by atomic mass is 15.1. The molecule has 56 valence electrons. The van der Waals surface area contributed by atoms with E-state index in [1.807, 2.05) is 6.20 Å². The van der Waals surface area contributed by atoms with Gasteiger partial charge in [-0.1, -0.05) is 19.6 Å². The van der Waals surface area contributed by atoms with Crippen molar-refractivity contribution in [2.24, 2.45) is 0 Å². The van der Waals surface area contributed by atoms with Gasteiger partial charge in [-0.25, -0.2) is 0 Å². The Hall–Kier alpha value is -0.720. The van der Waals surface area contributed by atoms with Gasteiger partial charge in [0.2, 0.25) is 0 Å². The molecule has 1 aliphatic rings. The molecule has 0 radical (unpaired) electrons. The van der Waals surface area contributed by atoms with Crippen LogP contribution in [0.15, 0.2) is 25.1 Å². The maximum Gasteiger partial charge on any atom is 0.0221 e. The molecule has 0 bridgehead atoms. The van der Waals surface area contributed by atoms with E-state index in [1.165, 1.54) is 25.0 Å². The van der Waals surface area contributed by atoms with Gasteiger partial charge in [0.15, 0.2) is 0 Å². The summed E-state index contributed by atoms with van der Waals surface area (Å²) < 4.78 is 0. The Morgan fingerprint density at radius 2 is 2.10 bits per heavy atom. The van der Waals surface area contributed by atoms with E-state index in [1.54, 1.807) is 0 Å². The number of hydrogen-bond donors (Lipinski definition) is 0. The third-order valence-electron chi connectivity index (χ3n) is 1.99. The van der Waals surface area contributed by atoms with Crippen LogP contribution < -0.4 is 0 Å². The molecule has 0 aromatic heterocycles. The maximum absolute atomic E-state index is 3.98. The van der Waals surface area contributed by atoms with Crippen molar-refractivity contribution in [2.75, 3.05) is 6.54 Å². The highest BCUT2D eigenvalue weighted by molar-refractivity contribution is 4.99. The molecule has 0 N–H and O–H groups in total. The van der Waals surface area contributed by atoms with Crippen molar-refractivity contribution in [2.45, 2.75) is 25.7 Å². The van der Waals surface area contributed by atoms with E-state index in [0.29, 0.717) is 0 Å². The Morgan fingerprint density at radius 1 is 1.30 bits per heavy atom. The van der Waals surface area contributed by atoms with Gasteiger partial charge in [0.25, 0.3) is 0 Å². The lowest BCUT2D eigenvalue weighted by Crippen LogP contribution is -2.14. The first-order chi connectivity index (χ1) is 4.84. The van der Waals surface area contributed by atoms with Crippen LogP contribution in [-0.2, 0) is 0 Å². The highest BCUT2D eigenvalue weighted by Crippen LogP contribution is 2.17. The Bertz CT molecular complexity index is 138. The van der Waals surface area contributed by atoms with Crippen LogP contribution in [0.25, 0.3) is 0 Å². The molecular formula is C9H15N. The zero-order chi connectivity index (χ0) is 7.40. The molecular weight excluding hydrogens is 122 g/mol. The summed E-state index contributed by atoms with van der Waals surface area (Å²) in [4.78, 5) is 2.16. The van der Waals surface area contributed by atoms with Crippen LogP contribution in [0.2, 0.25) is 0 Å². The maximum atomic E-state index is 3.98. The van der Waals surface area contributed by atoms with Crippen molar-refractivity contribution in [1.82, 2.24) is 4.90 Å². The second-order valence-electron chi connectivity index (χ2n) is 2.75. The average Bonchev–Trinajstić information content (AvgIpc) is 2.13. The fourth-order valence-electron chi connectivity index (χ4n) is 1.31. The molecule has 0 aromatic carbocycles. The largest absolute Gasteiger partial charge is 0.353 e. The third kappa shape index (κ3) is 1.63. The lowest BCUT2D eigenvalue weighted by molar-refractivity contribution is 0.466. The molecule has 10 heavy (non-hydrogen) atoms. The molecule has 0 spiro atoms. The van der Waals surface area contributed by atoms with E-state index in [9.17, 15) is 0 Å². The Labute approximate surface area is 63.0 Å². The molecule has 1 fully saturated rings. The van der Waals surface area contributed by atoms with Crippen molar-refractivity contribution < 1.29 is 0 Å². The first-order valence-corrected chi connectivity index (χ1v) is 3.91. The van der Waals surface area contributed by atoms with Crippen LogP contribution in [0.4, 0.5) is 0 Å². The van der Waals surface area contributed by atoms with E-state index >= 15 is 0 Å². The van der Waals surface area contributed by atoms with Crippen LogP contribution in [0, 0.1) is 0 Å². The summed E-state index contributed by atoms with van der Waals surface area (Å²) in [6, 6.07) is 0. The molecule has 0 aromatic rings. The Morgan fingerprint density at radius 3 is 2.80 bits per heavy atom. The fourth-order valence-corrected chi connectivity index (χ4v) is 1.31. The zero-order valence-electron chi connectivity index (χ0n) is 6.47. The van der Waals surface area contributed by atoms with Crippen molar-refractivity contribution >= 4 is 0 Å². The SMILES string of the molecule is C=CN1CCCCCC1=C. The number of hydrogen-bond acceptors (Lipinski definition) is 1. The minimum absolute atomic E-state index is 1.11. The third-order valence-corrected chi connectivity index (χ3v) is 1.99. The monoisotopic (exact) mass is 137 g/mol. The molecule has 0 unspecified atom stereocenters. The van der Waals surface area contributed by atoms with Crippen molar-refractivity contribution in [3.05, 3.63) is 25.1 Å². The zero-order valence-corrected chi connectivity index (χ0v) is 6.47. The van der Waals surface area contributed by atoms with Gasteiger partial charge in [-0.05, 0) is 25.5 Å². The van der Waals surface area contributed by atoms with Gasteiger partial charge < -0.3 is 4.90 Å². The topological polar surface area (TPSA) is 3.24 Å². The van der Waals surface area contributed by atoms with Gasteiger partial charge in [0.1, 0.15) is 0 Å². The molecule has 1 nitrogen and oxygen atoms in total. The summed E-state index contributed by atoms with van der Waals surface area (Å²) in [6.07, 6.45) is 6.94. The van der Waals surface area contributed by atoms with Crippen LogP contribution in [0.3, 0.4) is 0 Å². The number of likely N-dealkylation sites (tertiary alicyclic amines) is 1. The van der Waals surface area contributed by atoms with Crippen molar-refractivity contribution in [1.29, 1.82) is 0 Å². The Balaban J connectivity index is 2.51. The van der Waals surface area contributed by atoms with Gasteiger partial charge in [-0.3, -0.25) is 0 Å². The molecule has 1 heteroatoms. The second-order valence-corrected chi connectivity index (χ2v) is 2.75. The standard InChI is InChI=1S/C9H15N/c1-3-10-8-6-4-5-7-9(10)2/h3H,1-2,4-8H2. The van der Waals surface area contributed by atoms with Crippen LogP contribution in [0.5, 0.6) is 0 Å². The predicted molar refractivity (Wildman–Crippen MR) is 44.5 cm³/mol. The molecule has 0 amide bonds. The number of allylic oxidation sites excluding steroid dienone is 1. The summed E-state index contributed by atoms with van der Waals surface area (Å²) in [6.45, 7) is 8.84. The van der Waals surface area contributed by atoms with Gasteiger partial charge in [-0.2, -0.15) is 0 Å². The normalized spacial score (nSPS) is 20.4. The summed E-state index contributed by atoms with van der Waals surface area (Å²) in [5.41, 5.74) is 1.23. The van der Waals surface area contributed by atoms with Crippen LogP contribution in [0.1, 0.15) is 25.7 Å². The van der Waals surface area contributed by atoms with E-state index in [-0.39, 0.29) is 0 Å². The molecule has 1 aliphatic heterocycles. The van der Waals surface area contributed by atoms with Crippen molar-refractivity contribution in [3.8, 4) is 0 Å². The van der Waals surface area contributed by atoms with E-state index in [2.05, 4.69) is 18.1 Å². The minimum atomic E-state index is 1.11. The molecule has 0 aliphatic carbocycles. The predicted octanol–water partition coefficient (Wildman–Crippen LogP) is 2.52. The number of rotatable bonds is 1. The minimum Gasteiger partial charge on any atom is -0.353 e. The first kappa shape index (κ1) is 7.39. The van der Waals surface area contributed by atoms with E-state index < -0.39 is 0 Å². The van der Waals surface area contributed by atoms with Gasteiger partial charge in [0, 0.05) is 12.2 Å². The summed E-state index contributed by atoms with van der Waals surface area (Å²) in [7, 11) is 0. The smallest absolute Gasteiger partial charge is 0.0221 e. The molecule has 1 rings (SSSR count). The van der Waals surface area contributed by atoms with Crippen LogP contribution in [-0.4, -0.2) is 11.4 Å². The van der Waals surface area contributed by atoms with E-state index in [0.717, 1.165) is 13.0 Å². The highest BCUT2D eigenvalue weighted by Gasteiger charge is 2.07. The van der Waals surface area contributed by atoms with Gasteiger partial charge in [-0.15, -0.1) is 0 Å². The van der Waals surface area contributed by atoms with Crippen LogP contribution >= 0.6 is 0 Å². The molecule has 0 saturated carbocycles. The second kappa shape index (κ2) is 3.45. The lowest BCUT2D eigenvalue weighted by atomic mass is 10.2. The summed E-state index contributed by atoms with van der Waals surface area (Å²) in [5.74, 6) is 0. The number of nitrogens with zero attached hydrogens (tertiary/aromatic N) is 1. The Kier molecular flexibility index (Phi) is 2.55. The fraction of sp³-hybridized carbons (Fsp3) is 0.556. The quantitative estimate of drug-likeness (QED) is 0.536. The van der Waals surface area contributed by atoms with Crippen molar-refractivity contribution in [3.63, 3.8) is 0 Å².